The van der Waals surface area contributed by atoms with E-state index in [0.717, 1.165) is 27.2 Å². The van der Waals surface area contributed by atoms with Crippen LogP contribution in [0.4, 0.5) is 0 Å². The molecule has 0 bridgehead atoms. The fraction of sp³-hybridized carbons (Fsp3) is 0.273. The average molecular weight is 218 g/mol. The minimum Gasteiger partial charge on any atom is -0.241 e. The molecule has 0 N–H and O–H groups in total. The number of benzene rings is 1. The number of isocyanates is 1. The van der Waals surface area contributed by atoms with E-state index >= 15 is 0 Å². The Balaban J connectivity index is 2.41. The van der Waals surface area contributed by atoms with Crippen LogP contribution in [0.3, 0.4) is 0 Å². The van der Waals surface area contributed by atoms with E-state index in [1.54, 1.807) is 17.4 Å². The van der Waals surface area contributed by atoms with E-state index in [9.17, 15) is 4.79 Å². The highest BCUT2D eigenvalue weighted by atomic mass is 32.1. The van der Waals surface area contributed by atoms with Crippen LogP contribution in [-0.4, -0.2) is 11.1 Å². The van der Waals surface area contributed by atoms with Crippen LogP contribution in [0.15, 0.2) is 23.2 Å². The summed E-state index contributed by atoms with van der Waals surface area (Å²) in [6.45, 7) is 2.49. The van der Waals surface area contributed by atoms with Gasteiger partial charge in [-0.15, -0.1) is 11.3 Å². The Hall–Kier alpha value is -1.51. The zero-order valence-electron chi connectivity index (χ0n) is 8.36. The summed E-state index contributed by atoms with van der Waals surface area (Å²) >= 11 is 1.69. The van der Waals surface area contributed by atoms with Crippen LogP contribution in [0.5, 0.6) is 0 Å². The van der Waals surface area contributed by atoms with Crippen LogP contribution in [0, 0.1) is 0 Å². The molecule has 0 saturated heterocycles. The number of aromatic nitrogens is 1. The zero-order valence-corrected chi connectivity index (χ0v) is 9.17. The minimum absolute atomic E-state index is 0.402. The van der Waals surface area contributed by atoms with Crippen molar-refractivity contribution in [3.63, 3.8) is 0 Å². The molecule has 0 aliphatic rings. The van der Waals surface area contributed by atoms with Crippen molar-refractivity contribution < 1.29 is 4.79 Å². The number of thiazole rings is 1. The number of rotatable bonds is 3. The number of nitrogens with zero attached hydrogens (tertiary/aromatic N) is 2. The standard InChI is InChI=1S/C11H10N2OS/c1-2-11-13-9-4-3-8(6-12-7-14)5-10(9)15-11/h3-5H,2,6H2,1H3. The second-order valence-corrected chi connectivity index (χ2v) is 4.29. The normalized spacial score (nSPS) is 10.2. The van der Waals surface area contributed by atoms with Crippen molar-refractivity contribution in [3.05, 3.63) is 28.8 Å². The van der Waals surface area contributed by atoms with E-state index in [0.29, 0.717) is 6.54 Å². The monoisotopic (exact) mass is 218 g/mol. The summed E-state index contributed by atoms with van der Waals surface area (Å²) < 4.78 is 1.16. The van der Waals surface area contributed by atoms with Crippen LogP contribution in [0.2, 0.25) is 0 Å². The van der Waals surface area contributed by atoms with Crippen LogP contribution in [0.1, 0.15) is 17.5 Å². The Labute approximate surface area is 91.5 Å². The van der Waals surface area contributed by atoms with Crippen molar-refractivity contribution >= 4 is 27.6 Å². The van der Waals surface area contributed by atoms with Crippen molar-refractivity contribution in [3.8, 4) is 0 Å². The van der Waals surface area contributed by atoms with E-state index in [-0.39, 0.29) is 0 Å². The predicted octanol–water partition coefficient (Wildman–Crippen LogP) is 2.69. The van der Waals surface area contributed by atoms with Gasteiger partial charge in [0.05, 0.1) is 21.8 Å². The number of carbonyl (C=O) groups excluding carboxylic acids is 1. The van der Waals surface area contributed by atoms with Crippen molar-refractivity contribution in [2.75, 3.05) is 0 Å². The molecule has 2 aromatic rings. The highest BCUT2D eigenvalue weighted by molar-refractivity contribution is 7.18. The number of hydrogen-bond donors (Lipinski definition) is 0. The summed E-state index contributed by atoms with van der Waals surface area (Å²) in [6, 6.07) is 5.95. The molecule has 1 aromatic carbocycles. The van der Waals surface area contributed by atoms with Gasteiger partial charge in [-0.25, -0.2) is 14.8 Å². The maximum Gasteiger partial charge on any atom is 0.235 e. The van der Waals surface area contributed by atoms with Gasteiger partial charge in [0.15, 0.2) is 0 Å². The minimum atomic E-state index is 0.402. The first-order valence-electron chi connectivity index (χ1n) is 4.75. The molecule has 1 heterocycles. The number of aliphatic imine (C=N–C) groups is 1. The van der Waals surface area contributed by atoms with Gasteiger partial charge in [0.2, 0.25) is 6.08 Å². The van der Waals surface area contributed by atoms with Gasteiger partial charge in [-0.3, -0.25) is 0 Å². The van der Waals surface area contributed by atoms with Gasteiger partial charge in [-0.05, 0) is 24.1 Å². The molecule has 0 aliphatic carbocycles. The summed E-state index contributed by atoms with van der Waals surface area (Å²) in [5.74, 6) is 0. The van der Waals surface area contributed by atoms with E-state index in [1.807, 2.05) is 18.2 Å². The molecule has 1 aromatic heterocycles. The first-order chi connectivity index (χ1) is 7.33. The summed E-state index contributed by atoms with van der Waals surface area (Å²) in [6.07, 6.45) is 2.50. The Bertz CT molecular complexity index is 526. The molecule has 2 rings (SSSR count). The average Bonchev–Trinajstić information content (AvgIpc) is 2.68. The topological polar surface area (TPSA) is 42.3 Å². The summed E-state index contributed by atoms with van der Waals surface area (Å²) in [5.41, 5.74) is 2.05. The van der Waals surface area contributed by atoms with Crippen molar-refractivity contribution in [1.29, 1.82) is 0 Å². The Morgan fingerprint density at radius 1 is 1.53 bits per heavy atom. The summed E-state index contributed by atoms with van der Waals surface area (Å²) in [7, 11) is 0. The molecule has 76 valence electrons. The van der Waals surface area contributed by atoms with Gasteiger partial charge in [-0.2, -0.15) is 0 Å². The second kappa shape index (κ2) is 4.34. The van der Waals surface area contributed by atoms with Gasteiger partial charge in [0, 0.05) is 0 Å². The largest absolute Gasteiger partial charge is 0.241 e. The second-order valence-electron chi connectivity index (χ2n) is 3.17. The third kappa shape index (κ3) is 2.12. The molecule has 0 saturated carbocycles. The first kappa shape index (κ1) is 10.0. The molecule has 0 spiro atoms. The number of fused-ring (bicyclic) bond motifs is 1. The molecule has 0 fully saturated rings. The van der Waals surface area contributed by atoms with Crippen molar-refractivity contribution in [2.24, 2.45) is 4.99 Å². The van der Waals surface area contributed by atoms with E-state index in [4.69, 9.17) is 0 Å². The molecular weight excluding hydrogens is 208 g/mol. The van der Waals surface area contributed by atoms with Gasteiger partial charge in [0.25, 0.3) is 0 Å². The zero-order chi connectivity index (χ0) is 10.7. The molecule has 0 atom stereocenters. The van der Waals surface area contributed by atoms with Gasteiger partial charge in [0.1, 0.15) is 0 Å². The maximum absolute atomic E-state index is 9.99. The van der Waals surface area contributed by atoms with Crippen LogP contribution >= 0.6 is 11.3 Å². The van der Waals surface area contributed by atoms with E-state index in [2.05, 4.69) is 16.9 Å². The smallest absolute Gasteiger partial charge is 0.235 e. The highest BCUT2D eigenvalue weighted by Gasteiger charge is 2.02. The van der Waals surface area contributed by atoms with Crippen LogP contribution < -0.4 is 0 Å². The van der Waals surface area contributed by atoms with Gasteiger partial charge >= 0.3 is 0 Å². The lowest BCUT2D eigenvalue weighted by Gasteiger charge is -1.93. The molecule has 0 amide bonds. The predicted molar refractivity (Wildman–Crippen MR) is 60.8 cm³/mol. The van der Waals surface area contributed by atoms with E-state index in [1.165, 1.54) is 0 Å². The molecule has 3 nitrogen and oxygen atoms in total. The fourth-order valence-corrected chi connectivity index (χ4v) is 2.36. The summed E-state index contributed by atoms with van der Waals surface area (Å²) in [5, 5.41) is 1.14. The molecule has 4 heteroatoms. The Kier molecular flexibility index (Phi) is 2.90. The molecular formula is C11H10N2OS. The lowest BCUT2D eigenvalue weighted by Crippen LogP contribution is -1.79. The molecule has 0 radical (unpaired) electrons. The number of aryl methyl sites for hydroxylation is 1. The quantitative estimate of drug-likeness (QED) is 0.587. The van der Waals surface area contributed by atoms with E-state index < -0.39 is 0 Å². The van der Waals surface area contributed by atoms with Crippen LogP contribution in [-0.2, 0) is 17.8 Å². The summed E-state index contributed by atoms with van der Waals surface area (Å²) in [4.78, 5) is 18.0. The Morgan fingerprint density at radius 3 is 3.13 bits per heavy atom. The SMILES string of the molecule is CCc1nc2ccc(CN=C=O)cc2s1. The third-order valence-corrected chi connectivity index (χ3v) is 3.29. The fourth-order valence-electron chi connectivity index (χ4n) is 1.39. The molecule has 15 heavy (non-hydrogen) atoms. The lowest BCUT2D eigenvalue weighted by molar-refractivity contribution is 0.563. The van der Waals surface area contributed by atoms with Gasteiger partial charge < -0.3 is 0 Å². The van der Waals surface area contributed by atoms with Crippen molar-refractivity contribution in [2.45, 2.75) is 19.9 Å². The van der Waals surface area contributed by atoms with Crippen molar-refractivity contribution in [1.82, 2.24) is 4.98 Å². The highest BCUT2D eigenvalue weighted by Crippen LogP contribution is 2.23. The van der Waals surface area contributed by atoms with Gasteiger partial charge in [-0.1, -0.05) is 13.0 Å². The third-order valence-electron chi connectivity index (χ3n) is 2.13. The number of hydrogen-bond acceptors (Lipinski definition) is 4. The molecule has 0 unspecified atom stereocenters. The lowest BCUT2D eigenvalue weighted by atomic mass is 10.2. The van der Waals surface area contributed by atoms with Crippen LogP contribution in [0.25, 0.3) is 10.2 Å². The molecule has 0 aliphatic heterocycles. The maximum atomic E-state index is 9.99. The first-order valence-corrected chi connectivity index (χ1v) is 5.57. The Morgan fingerprint density at radius 2 is 2.40 bits per heavy atom.